The fraction of sp³-hybridized carbons (Fsp3) is 0.350. The third kappa shape index (κ3) is 4.30. The second kappa shape index (κ2) is 7.92. The van der Waals surface area contributed by atoms with E-state index in [9.17, 15) is 26.7 Å². The van der Waals surface area contributed by atoms with Crippen LogP contribution in [0.1, 0.15) is 53.0 Å². The van der Waals surface area contributed by atoms with Gasteiger partial charge in [0.1, 0.15) is 5.69 Å². The van der Waals surface area contributed by atoms with Crippen LogP contribution in [0.25, 0.3) is 5.82 Å². The normalized spacial score (nSPS) is 15.4. The standard InChI is InChI=1S/C20H17F5N6O/c1-11(16-17(27-5-4-26-16)31-28-6-7-29-31)30-18(32)12-8-14(19(21,22)13-2-3-13)10-15(9-12)20(23,24)25/h4-11,13H,2-3H2,1H3,(H,30,32). The Morgan fingerprint density at radius 3 is 2.25 bits per heavy atom. The van der Waals surface area contributed by atoms with Gasteiger partial charge in [0.2, 0.25) is 0 Å². The molecule has 0 aliphatic heterocycles. The van der Waals surface area contributed by atoms with Crippen molar-refractivity contribution in [2.24, 2.45) is 5.92 Å². The molecule has 2 aromatic heterocycles. The second-order valence-corrected chi connectivity index (χ2v) is 7.47. The minimum absolute atomic E-state index is 0.204. The van der Waals surface area contributed by atoms with Gasteiger partial charge in [0, 0.05) is 29.4 Å². The van der Waals surface area contributed by atoms with Crippen molar-refractivity contribution >= 4 is 5.91 Å². The number of rotatable bonds is 6. The van der Waals surface area contributed by atoms with E-state index < -0.39 is 46.7 Å². The molecule has 12 heteroatoms. The number of nitrogens with zero attached hydrogens (tertiary/aromatic N) is 5. The minimum Gasteiger partial charge on any atom is -0.344 e. The van der Waals surface area contributed by atoms with Crippen molar-refractivity contribution in [2.75, 3.05) is 0 Å². The van der Waals surface area contributed by atoms with E-state index in [1.807, 2.05) is 0 Å². The topological polar surface area (TPSA) is 85.6 Å². The molecule has 3 aromatic rings. The maximum absolute atomic E-state index is 14.6. The van der Waals surface area contributed by atoms with E-state index >= 15 is 0 Å². The highest BCUT2D eigenvalue weighted by Crippen LogP contribution is 2.50. The van der Waals surface area contributed by atoms with Crippen LogP contribution in [-0.4, -0.2) is 30.9 Å². The molecule has 1 aliphatic carbocycles. The zero-order valence-corrected chi connectivity index (χ0v) is 16.6. The maximum atomic E-state index is 14.6. The maximum Gasteiger partial charge on any atom is 0.416 e. The van der Waals surface area contributed by atoms with E-state index in [4.69, 9.17) is 0 Å². The number of alkyl halides is 5. The van der Waals surface area contributed by atoms with Crippen molar-refractivity contribution in [3.05, 3.63) is 65.4 Å². The van der Waals surface area contributed by atoms with Gasteiger partial charge in [0.15, 0.2) is 5.82 Å². The first-order chi connectivity index (χ1) is 15.1. The van der Waals surface area contributed by atoms with Gasteiger partial charge >= 0.3 is 6.18 Å². The lowest BCUT2D eigenvalue weighted by Crippen LogP contribution is -2.29. The lowest BCUT2D eigenvalue weighted by Gasteiger charge is -2.20. The summed E-state index contributed by atoms with van der Waals surface area (Å²) >= 11 is 0. The van der Waals surface area contributed by atoms with Crippen molar-refractivity contribution in [1.29, 1.82) is 0 Å². The Labute approximate surface area is 178 Å². The molecule has 1 saturated carbocycles. The van der Waals surface area contributed by atoms with E-state index in [2.05, 4.69) is 25.5 Å². The first kappa shape index (κ1) is 21.8. The molecule has 1 amide bonds. The Kier molecular flexibility index (Phi) is 5.39. The van der Waals surface area contributed by atoms with Crippen LogP contribution in [0.4, 0.5) is 22.0 Å². The molecule has 0 saturated heterocycles. The SMILES string of the molecule is CC(NC(=O)c1cc(C(F)(F)F)cc(C(F)(F)C2CC2)c1)c1nccnc1-n1nccn1. The monoisotopic (exact) mass is 452 g/mol. The lowest BCUT2D eigenvalue weighted by atomic mass is 9.97. The van der Waals surface area contributed by atoms with Crippen molar-refractivity contribution < 1.29 is 26.7 Å². The molecule has 0 spiro atoms. The largest absolute Gasteiger partial charge is 0.416 e. The van der Waals surface area contributed by atoms with Crippen molar-refractivity contribution in [3.8, 4) is 5.82 Å². The Balaban J connectivity index is 1.65. The number of benzene rings is 1. The van der Waals surface area contributed by atoms with E-state index in [1.165, 1.54) is 36.5 Å². The average molecular weight is 452 g/mol. The second-order valence-electron chi connectivity index (χ2n) is 7.47. The predicted octanol–water partition coefficient (Wildman–Crippen LogP) is 4.07. The predicted molar refractivity (Wildman–Crippen MR) is 101 cm³/mol. The molecule has 1 atom stereocenters. The van der Waals surface area contributed by atoms with E-state index in [-0.39, 0.29) is 24.4 Å². The van der Waals surface area contributed by atoms with Gasteiger partial charge in [-0.25, -0.2) is 13.8 Å². The number of amides is 1. The van der Waals surface area contributed by atoms with Crippen LogP contribution in [-0.2, 0) is 12.1 Å². The summed E-state index contributed by atoms with van der Waals surface area (Å²) in [7, 11) is 0. The fourth-order valence-corrected chi connectivity index (χ4v) is 3.27. The van der Waals surface area contributed by atoms with E-state index in [1.54, 1.807) is 0 Å². The van der Waals surface area contributed by atoms with Gasteiger partial charge in [-0.15, -0.1) is 4.80 Å². The van der Waals surface area contributed by atoms with Gasteiger partial charge in [0.05, 0.1) is 24.0 Å². The molecule has 4 rings (SSSR count). The van der Waals surface area contributed by atoms with Gasteiger partial charge < -0.3 is 5.32 Å². The molecule has 7 nitrogen and oxygen atoms in total. The van der Waals surface area contributed by atoms with E-state index in [0.717, 1.165) is 6.07 Å². The minimum atomic E-state index is -4.89. The zero-order valence-electron chi connectivity index (χ0n) is 16.6. The molecular formula is C20H17F5N6O. The van der Waals surface area contributed by atoms with Gasteiger partial charge in [-0.1, -0.05) is 0 Å². The van der Waals surface area contributed by atoms with Crippen molar-refractivity contribution in [1.82, 2.24) is 30.3 Å². The van der Waals surface area contributed by atoms with Crippen LogP contribution in [0.5, 0.6) is 0 Å². The van der Waals surface area contributed by atoms with Gasteiger partial charge in [-0.3, -0.25) is 9.78 Å². The highest BCUT2D eigenvalue weighted by atomic mass is 19.4. The lowest BCUT2D eigenvalue weighted by molar-refractivity contribution is -0.137. The number of hydrogen-bond acceptors (Lipinski definition) is 5. The van der Waals surface area contributed by atoms with Crippen molar-refractivity contribution in [3.63, 3.8) is 0 Å². The van der Waals surface area contributed by atoms with Gasteiger partial charge in [-0.05, 0) is 38.0 Å². The summed E-state index contributed by atoms with van der Waals surface area (Å²) in [5, 5.41) is 10.4. The van der Waals surface area contributed by atoms with Gasteiger partial charge in [0.25, 0.3) is 11.8 Å². The Hall–Kier alpha value is -3.44. The number of carbonyl (C=O) groups excluding carboxylic acids is 1. The van der Waals surface area contributed by atoms with Gasteiger partial charge in [-0.2, -0.15) is 23.4 Å². The van der Waals surface area contributed by atoms with Crippen LogP contribution in [0, 0.1) is 5.92 Å². The molecule has 1 unspecified atom stereocenters. The Bertz CT molecular complexity index is 1130. The number of nitrogens with one attached hydrogen (secondary N) is 1. The summed E-state index contributed by atoms with van der Waals surface area (Å²) in [6.07, 6.45) is 1.12. The highest BCUT2D eigenvalue weighted by molar-refractivity contribution is 5.95. The number of aromatic nitrogens is 5. The summed E-state index contributed by atoms with van der Waals surface area (Å²) in [6.45, 7) is 1.53. The van der Waals surface area contributed by atoms with Crippen LogP contribution >= 0.6 is 0 Å². The quantitative estimate of drug-likeness (QED) is 0.570. The van der Waals surface area contributed by atoms with Crippen LogP contribution < -0.4 is 5.32 Å². The summed E-state index contributed by atoms with van der Waals surface area (Å²) in [6, 6.07) is 0.936. The molecule has 2 heterocycles. The molecule has 1 aliphatic rings. The fourth-order valence-electron chi connectivity index (χ4n) is 3.27. The first-order valence-electron chi connectivity index (χ1n) is 9.66. The highest BCUT2D eigenvalue weighted by Gasteiger charge is 2.49. The molecule has 1 fully saturated rings. The van der Waals surface area contributed by atoms with Crippen molar-refractivity contribution in [2.45, 2.75) is 37.9 Å². The van der Waals surface area contributed by atoms with Crippen LogP contribution in [0.2, 0.25) is 0 Å². The third-order valence-electron chi connectivity index (χ3n) is 5.07. The number of halogens is 5. The summed E-state index contributed by atoms with van der Waals surface area (Å²) in [5.41, 5.74) is -2.42. The van der Waals surface area contributed by atoms with E-state index in [0.29, 0.717) is 12.1 Å². The summed E-state index contributed by atoms with van der Waals surface area (Å²) < 4.78 is 69.1. The smallest absolute Gasteiger partial charge is 0.344 e. The zero-order chi connectivity index (χ0) is 23.1. The molecule has 1 N–H and O–H groups in total. The molecule has 1 aromatic carbocycles. The third-order valence-corrected chi connectivity index (χ3v) is 5.07. The average Bonchev–Trinajstić information content (AvgIpc) is 3.48. The molecular weight excluding hydrogens is 435 g/mol. The molecule has 168 valence electrons. The van der Waals surface area contributed by atoms with Crippen LogP contribution in [0.15, 0.2) is 43.0 Å². The Morgan fingerprint density at radius 1 is 1.00 bits per heavy atom. The summed E-state index contributed by atoms with van der Waals surface area (Å²) in [5.74, 6) is -5.23. The number of hydrogen-bond donors (Lipinski definition) is 1. The number of carbonyl (C=O) groups is 1. The molecule has 0 bridgehead atoms. The molecule has 0 radical (unpaired) electrons. The Morgan fingerprint density at radius 2 is 1.62 bits per heavy atom. The summed E-state index contributed by atoms with van der Waals surface area (Å²) in [4.78, 5) is 22.2. The molecule has 32 heavy (non-hydrogen) atoms. The van der Waals surface area contributed by atoms with Crippen LogP contribution in [0.3, 0.4) is 0 Å². The first-order valence-corrected chi connectivity index (χ1v) is 9.66.